The first kappa shape index (κ1) is 20.5. The molecule has 0 saturated carbocycles. The summed E-state index contributed by atoms with van der Waals surface area (Å²) in [4.78, 5) is 13.8. The molecular weight excluding hydrogens is 466 g/mol. The number of fused-ring (bicyclic) bond motifs is 1. The average molecular weight is 486 g/mol. The molecule has 0 aliphatic carbocycles. The van der Waals surface area contributed by atoms with E-state index in [4.69, 9.17) is 4.74 Å². The molecule has 0 aliphatic heterocycles. The number of nitrogens with zero attached hydrogens (tertiary/aromatic N) is 4. The topological polar surface area (TPSA) is 81.4 Å². The number of nitrogens with one attached hydrogen (secondary N) is 1. The fourth-order valence-corrected chi connectivity index (χ4v) is 4.67. The van der Waals surface area contributed by atoms with Gasteiger partial charge in [0.2, 0.25) is 4.96 Å². The molecule has 1 amide bonds. The van der Waals surface area contributed by atoms with Gasteiger partial charge in [0.15, 0.2) is 5.82 Å². The van der Waals surface area contributed by atoms with Gasteiger partial charge in [0.25, 0.3) is 5.91 Å². The van der Waals surface area contributed by atoms with Gasteiger partial charge in [-0.2, -0.15) is 9.61 Å². The Labute approximate surface area is 186 Å². The Hall–Kier alpha value is -2.78. The Balaban J connectivity index is 1.68. The molecule has 0 fully saturated rings. The number of ether oxygens (including phenoxy) is 1. The minimum absolute atomic E-state index is 0.233. The Morgan fingerprint density at radius 1 is 1.20 bits per heavy atom. The van der Waals surface area contributed by atoms with Crippen LogP contribution in [0.5, 0.6) is 5.75 Å². The zero-order valence-corrected chi connectivity index (χ0v) is 19.4. The summed E-state index contributed by atoms with van der Waals surface area (Å²) in [5.41, 5.74) is 3.94. The van der Waals surface area contributed by atoms with Crippen molar-refractivity contribution in [3.05, 3.63) is 57.3 Å². The lowest BCUT2D eigenvalue weighted by atomic mass is 10.1. The first-order valence-electron chi connectivity index (χ1n) is 9.39. The lowest BCUT2D eigenvalue weighted by molar-refractivity contribution is 0.102. The van der Waals surface area contributed by atoms with Gasteiger partial charge in [-0.25, -0.2) is 0 Å². The number of hydrogen-bond acceptors (Lipinski definition) is 6. The molecule has 9 heteroatoms. The van der Waals surface area contributed by atoms with Crippen molar-refractivity contribution in [2.45, 2.75) is 27.2 Å². The molecule has 4 rings (SSSR count). The fraction of sp³-hybridized carbons (Fsp3) is 0.238. The Kier molecular flexibility index (Phi) is 5.57. The van der Waals surface area contributed by atoms with E-state index in [1.54, 1.807) is 17.7 Å². The van der Waals surface area contributed by atoms with Crippen molar-refractivity contribution in [2.75, 3.05) is 12.4 Å². The van der Waals surface area contributed by atoms with E-state index < -0.39 is 0 Å². The Morgan fingerprint density at radius 3 is 2.73 bits per heavy atom. The van der Waals surface area contributed by atoms with Gasteiger partial charge in [-0.3, -0.25) is 4.79 Å². The van der Waals surface area contributed by atoms with Gasteiger partial charge in [0.05, 0.1) is 12.7 Å². The summed E-state index contributed by atoms with van der Waals surface area (Å²) in [5, 5.41) is 16.8. The molecule has 0 unspecified atom stereocenters. The van der Waals surface area contributed by atoms with Crippen molar-refractivity contribution in [3.8, 4) is 16.3 Å². The SMILES string of the molecule is CCc1nnc2sc(-c3ccc(C)c(NC(=O)c4cc(Br)cc(C)c4OC)c3)nn12. The first-order chi connectivity index (χ1) is 14.4. The standard InChI is InChI=1S/C21H20BrN5O2S/c1-5-17-24-25-21-27(17)26-20(30-21)13-7-6-11(2)16(9-13)23-19(28)15-10-14(22)8-12(3)18(15)29-4/h6-10H,5H2,1-4H3,(H,23,28). The predicted molar refractivity (Wildman–Crippen MR) is 122 cm³/mol. The average Bonchev–Trinajstić information content (AvgIpc) is 3.29. The van der Waals surface area contributed by atoms with Crippen LogP contribution in [-0.2, 0) is 6.42 Å². The molecule has 2 aromatic carbocycles. The second-order valence-corrected chi connectivity index (χ2v) is 8.73. The molecule has 0 saturated heterocycles. The van der Waals surface area contributed by atoms with Gasteiger partial charge < -0.3 is 10.1 Å². The van der Waals surface area contributed by atoms with Crippen molar-refractivity contribution in [1.29, 1.82) is 0 Å². The van der Waals surface area contributed by atoms with Gasteiger partial charge in [-0.15, -0.1) is 10.2 Å². The van der Waals surface area contributed by atoms with Crippen LogP contribution in [0.4, 0.5) is 5.69 Å². The van der Waals surface area contributed by atoms with Crippen molar-refractivity contribution in [3.63, 3.8) is 0 Å². The van der Waals surface area contributed by atoms with Crippen LogP contribution in [0.3, 0.4) is 0 Å². The van der Waals surface area contributed by atoms with Gasteiger partial charge in [-0.05, 0) is 43.2 Å². The maximum atomic E-state index is 13.0. The third kappa shape index (κ3) is 3.70. The number of carbonyl (C=O) groups excluding carboxylic acids is 1. The van der Waals surface area contributed by atoms with Crippen molar-refractivity contribution in [1.82, 2.24) is 19.8 Å². The second kappa shape index (κ2) is 8.16. The highest BCUT2D eigenvalue weighted by atomic mass is 79.9. The molecule has 7 nitrogen and oxygen atoms in total. The molecule has 4 aromatic rings. The minimum Gasteiger partial charge on any atom is -0.496 e. The number of aryl methyl sites for hydroxylation is 3. The van der Waals surface area contributed by atoms with Crippen LogP contribution >= 0.6 is 27.3 Å². The van der Waals surface area contributed by atoms with Crippen LogP contribution in [0.15, 0.2) is 34.8 Å². The quantitative estimate of drug-likeness (QED) is 0.427. The maximum Gasteiger partial charge on any atom is 0.259 e. The Morgan fingerprint density at radius 2 is 2.00 bits per heavy atom. The largest absolute Gasteiger partial charge is 0.496 e. The molecule has 154 valence electrons. The van der Waals surface area contributed by atoms with Crippen LogP contribution in [0.25, 0.3) is 15.5 Å². The highest BCUT2D eigenvalue weighted by Gasteiger charge is 2.18. The van der Waals surface area contributed by atoms with Crippen LogP contribution in [0.2, 0.25) is 0 Å². The summed E-state index contributed by atoms with van der Waals surface area (Å²) in [6.45, 7) is 5.88. The van der Waals surface area contributed by atoms with E-state index in [2.05, 4.69) is 36.5 Å². The van der Waals surface area contributed by atoms with Gasteiger partial charge in [0, 0.05) is 22.1 Å². The molecule has 2 aromatic heterocycles. The first-order valence-corrected chi connectivity index (χ1v) is 11.0. The molecular formula is C21H20BrN5O2S. The maximum absolute atomic E-state index is 13.0. The van der Waals surface area contributed by atoms with Crippen LogP contribution in [0.1, 0.15) is 34.2 Å². The number of methoxy groups -OCH3 is 1. The van der Waals surface area contributed by atoms with E-state index in [-0.39, 0.29) is 5.91 Å². The number of hydrogen-bond donors (Lipinski definition) is 1. The van der Waals surface area contributed by atoms with Gasteiger partial charge in [-0.1, -0.05) is 46.3 Å². The van der Waals surface area contributed by atoms with E-state index in [9.17, 15) is 4.79 Å². The summed E-state index contributed by atoms with van der Waals surface area (Å²) >= 11 is 4.92. The molecule has 0 atom stereocenters. The van der Waals surface area contributed by atoms with E-state index in [0.717, 1.165) is 49.1 Å². The molecule has 2 heterocycles. The number of carbonyl (C=O) groups is 1. The number of anilines is 1. The highest BCUT2D eigenvalue weighted by Crippen LogP contribution is 2.31. The summed E-state index contributed by atoms with van der Waals surface area (Å²) in [6.07, 6.45) is 0.757. The molecule has 30 heavy (non-hydrogen) atoms. The predicted octanol–water partition coefficient (Wildman–Crippen LogP) is 5.06. The van der Waals surface area contributed by atoms with E-state index in [1.165, 1.54) is 11.3 Å². The van der Waals surface area contributed by atoms with Crippen LogP contribution in [-0.4, -0.2) is 32.8 Å². The third-order valence-electron chi connectivity index (χ3n) is 4.79. The summed E-state index contributed by atoms with van der Waals surface area (Å²) in [5.74, 6) is 1.15. The lowest BCUT2D eigenvalue weighted by Crippen LogP contribution is -2.14. The van der Waals surface area contributed by atoms with Gasteiger partial charge in [0.1, 0.15) is 10.8 Å². The number of rotatable bonds is 5. The Bertz CT molecular complexity index is 1260. The summed E-state index contributed by atoms with van der Waals surface area (Å²) < 4.78 is 8.05. The fourth-order valence-electron chi connectivity index (χ4n) is 3.24. The number of benzene rings is 2. The van der Waals surface area contributed by atoms with E-state index >= 15 is 0 Å². The van der Waals surface area contributed by atoms with Gasteiger partial charge >= 0.3 is 0 Å². The molecule has 0 radical (unpaired) electrons. The zero-order chi connectivity index (χ0) is 21.4. The molecule has 0 aliphatic rings. The molecule has 0 spiro atoms. The minimum atomic E-state index is -0.233. The van der Waals surface area contributed by atoms with Crippen molar-refractivity contribution >= 4 is 43.8 Å². The number of amides is 1. The monoisotopic (exact) mass is 485 g/mol. The summed E-state index contributed by atoms with van der Waals surface area (Å²) in [6, 6.07) is 9.57. The number of halogens is 1. The van der Waals surface area contributed by atoms with Crippen molar-refractivity contribution < 1.29 is 9.53 Å². The lowest BCUT2D eigenvalue weighted by Gasteiger charge is -2.14. The van der Waals surface area contributed by atoms with Crippen molar-refractivity contribution in [2.24, 2.45) is 0 Å². The van der Waals surface area contributed by atoms with E-state index in [0.29, 0.717) is 11.3 Å². The van der Waals surface area contributed by atoms with E-state index in [1.807, 2.05) is 45.0 Å². The van der Waals surface area contributed by atoms with Crippen LogP contribution < -0.4 is 10.1 Å². The summed E-state index contributed by atoms with van der Waals surface area (Å²) in [7, 11) is 1.57. The molecule has 1 N–H and O–H groups in total. The second-order valence-electron chi connectivity index (χ2n) is 6.86. The third-order valence-corrected chi connectivity index (χ3v) is 6.20. The number of aromatic nitrogens is 4. The smallest absolute Gasteiger partial charge is 0.259 e. The molecule has 0 bridgehead atoms. The zero-order valence-electron chi connectivity index (χ0n) is 17.0. The normalized spacial score (nSPS) is 11.1. The van der Waals surface area contributed by atoms with Crippen LogP contribution in [0, 0.1) is 13.8 Å². The highest BCUT2D eigenvalue weighted by molar-refractivity contribution is 9.10.